The molecule has 0 fully saturated rings. The Morgan fingerprint density at radius 3 is 2.56 bits per heavy atom. The highest BCUT2D eigenvalue weighted by Gasteiger charge is 2.16. The number of nitriles is 1. The van der Waals surface area contributed by atoms with Gasteiger partial charge in [0.05, 0.1) is 43.4 Å². The average Bonchev–Trinajstić information content (AvgIpc) is 2.97. The summed E-state index contributed by atoms with van der Waals surface area (Å²) in [6.45, 7) is 1.04. The molecule has 0 aliphatic rings. The third-order valence-corrected chi connectivity index (χ3v) is 4.17. The predicted molar refractivity (Wildman–Crippen MR) is 95.9 cm³/mol. The average molecular weight is 336 g/mol. The third kappa shape index (κ3) is 3.14. The number of aromatic nitrogens is 2. The van der Waals surface area contributed by atoms with Crippen molar-refractivity contribution in [1.29, 1.82) is 5.26 Å². The van der Waals surface area contributed by atoms with Crippen molar-refractivity contribution in [2.45, 2.75) is 13.0 Å². The number of hydrogen-bond donors (Lipinski definition) is 1. The molecule has 0 saturated carbocycles. The second-order valence-corrected chi connectivity index (χ2v) is 5.62. The van der Waals surface area contributed by atoms with E-state index in [9.17, 15) is 5.26 Å². The van der Waals surface area contributed by atoms with Crippen LogP contribution in [0.5, 0.6) is 11.5 Å². The molecule has 0 aliphatic heterocycles. The van der Waals surface area contributed by atoms with E-state index in [4.69, 9.17) is 20.2 Å². The highest BCUT2D eigenvalue weighted by molar-refractivity contribution is 5.81. The Balaban J connectivity index is 2.17. The summed E-state index contributed by atoms with van der Waals surface area (Å²) in [4.78, 5) is 4.70. The zero-order chi connectivity index (χ0) is 17.8. The number of hydrogen-bond acceptors (Lipinski definition) is 5. The Morgan fingerprint density at radius 2 is 1.88 bits per heavy atom. The molecule has 2 aromatic carbocycles. The molecule has 1 aromatic heterocycles. The first kappa shape index (κ1) is 16.8. The molecule has 0 spiro atoms. The van der Waals surface area contributed by atoms with Gasteiger partial charge in [0.25, 0.3) is 0 Å². The van der Waals surface area contributed by atoms with Crippen LogP contribution < -0.4 is 15.2 Å². The van der Waals surface area contributed by atoms with E-state index in [1.807, 2.05) is 36.4 Å². The Morgan fingerprint density at radius 1 is 1.16 bits per heavy atom. The van der Waals surface area contributed by atoms with Crippen LogP contribution in [0.3, 0.4) is 0 Å². The van der Waals surface area contributed by atoms with Crippen LogP contribution in [0.1, 0.15) is 17.0 Å². The van der Waals surface area contributed by atoms with E-state index in [1.54, 1.807) is 14.2 Å². The van der Waals surface area contributed by atoms with Gasteiger partial charge in [-0.05, 0) is 18.2 Å². The summed E-state index contributed by atoms with van der Waals surface area (Å²) in [6, 6.07) is 13.6. The van der Waals surface area contributed by atoms with Crippen molar-refractivity contribution in [2.75, 3.05) is 20.8 Å². The highest BCUT2D eigenvalue weighted by Crippen LogP contribution is 2.33. The molecular formula is C19H20N4O2. The van der Waals surface area contributed by atoms with Gasteiger partial charge in [0.2, 0.25) is 0 Å². The Bertz CT molecular complexity index is 940. The maximum absolute atomic E-state index is 9.35. The van der Waals surface area contributed by atoms with Crippen LogP contribution in [-0.4, -0.2) is 30.3 Å². The molecule has 3 rings (SSSR count). The first-order chi connectivity index (χ1) is 12.2. The van der Waals surface area contributed by atoms with Crippen molar-refractivity contribution >= 4 is 11.0 Å². The van der Waals surface area contributed by atoms with E-state index in [1.165, 1.54) is 0 Å². The standard InChI is InChI=1S/C19H20N4O2/c1-24-17-9-15-16(10-18(17)25-2)23(19(22-15)7-8-20)12-14-6-4-3-5-13(14)11-21/h3-6,9-10H,7-8,12,20H2,1-2H3. The van der Waals surface area contributed by atoms with Gasteiger partial charge in [-0.25, -0.2) is 4.98 Å². The van der Waals surface area contributed by atoms with Crippen molar-refractivity contribution in [3.05, 3.63) is 53.3 Å². The molecule has 3 aromatic rings. The van der Waals surface area contributed by atoms with Crippen molar-refractivity contribution < 1.29 is 9.47 Å². The number of nitrogens with two attached hydrogens (primary N) is 1. The molecule has 0 aliphatic carbocycles. The number of benzene rings is 2. The molecule has 0 saturated heterocycles. The molecule has 128 valence electrons. The maximum atomic E-state index is 9.35. The van der Waals surface area contributed by atoms with E-state index in [-0.39, 0.29) is 0 Å². The first-order valence-electron chi connectivity index (χ1n) is 8.01. The van der Waals surface area contributed by atoms with Crippen LogP contribution in [0.25, 0.3) is 11.0 Å². The number of methoxy groups -OCH3 is 2. The summed E-state index contributed by atoms with van der Waals surface area (Å²) >= 11 is 0. The van der Waals surface area contributed by atoms with Crippen LogP contribution in [0, 0.1) is 11.3 Å². The zero-order valence-electron chi connectivity index (χ0n) is 14.3. The van der Waals surface area contributed by atoms with Crippen molar-refractivity contribution in [1.82, 2.24) is 9.55 Å². The molecule has 1 heterocycles. The fourth-order valence-electron chi connectivity index (χ4n) is 2.94. The van der Waals surface area contributed by atoms with E-state index in [0.717, 1.165) is 22.4 Å². The van der Waals surface area contributed by atoms with Gasteiger partial charge in [-0.2, -0.15) is 5.26 Å². The van der Waals surface area contributed by atoms with Crippen LogP contribution in [-0.2, 0) is 13.0 Å². The SMILES string of the molecule is COc1cc2nc(CCN)n(Cc3ccccc3C#N)c2cc1OC. The Labute approximate surface area is 146 Å². The second kappa shape index (κ2) is 7.24. The summed E-state index contributed by atoms with van der Waals surface area (Å²) in [6.07, 6.45) is 0.647. The topological polar surface area (TPSA) is 86.1 Å². The Hall–Kier alpha value is -3.04. The van der Waals surface area contributed by atoms with Gasteiger partial charge < -0.3 is 19.8 Å². The molecule has 6 nitrogen and oxygen atoms in total. The molecule has 0 atom stereocenters. The molecule has 0 bridgehead atoms. The fraction of sp³-hybridized carbons (Fsp3) is 0.263. The van der Waals surface area contributed by atoms with Crippen LogP contribution in [0.15, 0.2) is 36.4 Å². The largest absolute Gasteiger partial charge is 0.493 e. The number of ether oxygens (including phenoxy) is 2. The zero-order valence-corrected chi connectivity index (χ0v) is 14.3. The van der Waals surface area contributed by atoms with Crippen molar-refractivity contribution in [3.8, 4) is 17.6 Å². The minimum atomic E-state index is 0.498. The number of imidazole rings is 1. The van der Waals surface area contributed by atoms with Crippen molar-refractivity contribution in [2.24, 2.45) is 5.73 Å². The van der Waals surface area contributed by atoms with Gasteiger partial charge in [0.15, 0.2) is 11.5 Å². The van der Waals surface area contributed by atoms with Gasteiger partial charge in [0, 0.05) is 18.6 Å². The van der Waals surface area contributed by atoms with Crippen LogP contribution in [0.4, 0.5) is 0 Å². The molecule has 0 unspecified atom stereocenters. The van der Waals surface area contributed by atoms with E-state index in [2.05, 4.69) is 10.6 Å². The number of fused-ring (bicyclic) bond motifs is 1. The van der Waals surface area contributed by atoms with Gasteiger partial charge in [-0.15, -0.1) is 0 Å². The summed E-state index contributed by atoms with van der Waals surface area (Å²) < 4.78 is 12.9. The van der Waals surface area contributed by atoms with Gasteiger partial charge in [0.1, 0.15) is 5.82 Å². The minimum absolute atomic E-state index is 0.498. The number of nitrogens with zero attached hydrogens (tertiary/aromatic N) is 3. The summed E-state index contributed by atoms with van der Waals surface area (Å²) in [5.41, 5.74) is 9.10. The summed E-state index contributed by atoms with van der Waals surface area (Å²) in [5, 5.41) is 9.35. The summed E-state index contributed by atoms with van der Waals surface area (Å²) in [5.74, 6) is 2.15. The van der Waals surface area contributed by atoms with Gasteiger partial charge in [-0.1, -0.05) is 18.2 Å². The highest BCUT2D eigenvalue weighted by atomic mass is 16.5. The first-order valence-corrected chi connectivity index (χ1v) is 8.01. The molecule has 6 heteroatoms. The van der Waals surface area contributed by atoms with E-state index < -0.39 is 0 Å². The van der Waals surface area contributed by atoms with Crippen molar-refractivity contribution in [3.63, 3.8) is 0 Å². The van der Waals surface area contributed by atoms with E-state index in [0.29, 0.717) is 36.6 Å². The van der Waals surface area contributed by atoms with Crippen LogP contribution in [0.2, 0.25) is 0 Å². The predicted octanol–water partition coefficient (Wildman–Crippen LogP) is 2.47. The molecule has 0 amide bonds. The fourth-order valence-corrected chi connectivity index (χ4v) is 2.94. The minimum Gasteiger partial charge on any atom is -0.493 e. The third-order valence-electron chi connectivity index (χ3n) is 4.17. The van der Waals surface area contributed by atoms with Gasteiger partial charge >= 0.3 is 0 Å². The smallest absolute Gasteiger partial charge is 0.163 e. The molecule has 25 heavy (non-hydrogen) atoms. The van der Waals surface area contributed by atoms with Crippen LogP contribution >= 0.6 is 0 Å². The lowest BCUT2D eigenvalue weighted by molar-refractivity contribution is 0.355. The lowest BCUT2D eigenvalue weighted by atomic mass is 10.1. The molecule has 2 N–H and O–H groups in total. The summed E-state index contributed by atoms with van der Waals surface area (Å²) in [7, 11) is 3.21. The quantitative estimate of drug-likeness (QED) is 0.747. The second-order valence-electron chi connectivity index (χ2n) is 5.62. The lowest BCUT2D eigenvalue weighted by Crippen LogP contribution is -2.11. The normalized spacial score (nSPS) is 10.6. The number of rotatable bonds is 6. The lowest BCUT2D eigenvalue weighted by Gasteiger charge is -2.12. The Kier molecular flexibility index (Phi) is 4.87. The maximum Gasteiger partial charge on any atom is 0.163 e. The van der Waals surface area contributed by atoms with E-state index >= 15 is 0 Å². The molecule has 0 radical (unpaired) electrons. The van der Waals surface area contributed by atoms with Gasteiger partial charge in [-0.3, -0.25) is 0 Å². The monoisotopic (exact) mass is 336 g/mol. The molecular weight excluding hydrogens is 316 g/mol.